The number of nitrogens with zero attached hydrogens (tertiary/aromatic N) is 2. The van der Waals surface area contributed by atoms with Crippen LogP contribution in [0.15, 0.2) is 54.9 Å². The molecule has 0 fully saturated rings. The van der Waals surface area contributed by atoms with Gasteiger partial charge in [0.2, 0.25) is 0 Å². The average Bonchev–Trinajstić information content (AvgIpc) is 3.18. The molecule has 2 aromatic carbocycles. The van der Waals surface area contributed by atoms with Gasteiger partial charge in [-0.1, -0.05) is 35.9 Å². The number of nitrogens with one attached hydrogen (secondary N) is 1. The van der Waals surface area contributed by atoms with Crippen LogP contribution in [0, 0.1) is 0 Å². The van der Waals surface area contributed by atoms with E-state index in [4.69, 9.17) is 16.3 Å². The molecule has 0 aliphatic heterocycles. The van der Waals surface area contributed by atoms with Crippen molar-refractivity contribution in [2.24, 2.45) is 0 Å². The fourth-order valence-electron chi connectivity index (χ4n) is 2.90. The monoisotopic (exact) mass is 369 g/mol. The number of hydrogen-bond donors (Lipinski definition) is 1. The van der Waals surface area contributed by atoms with Crippen molar-refractivity contribution >= 4 is 17.4 Å². The smallest absolute Gasteiger partial charge is 0.138 e. The molecule has 5 nitrogen and oxygen atoms in total. The van der Waals surface area contributed by atoms with Crippen LogP contribution in [-0.4, -0.2) is 28.1 Å². The number of rotatable bonds is 8. The lowest BCUT2D eigenvalue weighted by molar-refractivity contribution is -0.118. The lowest BCUT2D eigenvalue weighted by Crippen LogP contribution is -2.13. The second-order valence-corrected chi connectivity index (χ2v) is 6.60. The molecular weight excluding hydrogens is 350 g/mol. The molecule has 0 saturated heterocycles. The Labute approximate surface area is 157 Å². The molecule has 134 valence electrons. The van der Waals surface area contributed by atoms with Gasteiger partial charge >= 0.3 is 0 Å². The zero-order valence-electron chi connectivity index (χ0n) is 14.5. The molecule has 0 radical (unpaired) electrons. The van der Waals surface area contributed by atoms with Gasteiger partial charge in [0.05, 0.1) is 7.11 Å². The maximum absolute atomic E-state index is 12.6. The normalized spacial score (nSPS) is 11.9. The van der Waals surface area contributed by atoms with Gasteiger partial charge in [-0.3, -0.25) is 9.89 Å². The van der Waals surface area contributed by atoms with Crippen molar-refractivity contribution in [1.29, 1.82) is 0 Å². The van der Waals surface area contributed by atoms with Gasteiger partial charge in [-0.05, 0) is 41.8 Å². The molecule has 0 saturated carbocycles. The zero-order valence-corrected chi connectivity index (χ0v) is 15.2. The van der Waals surface area contributed by atoms with E-state index in [0.717, 1.165) is 22.7 Å². The van der Waals surface area contributed by atoms with Gasteiger partial charge in [0, 0.05) is 23.8 Å². The van der Waals surface area contributed by atoms with Crippen LogP contribution >= 0.6 is 11.6 Å². The minimum Gasteiger partial charge on any atom is -0.497 e. The first-order valence-corrected chi connectivity index (χ1v) is 8.76. The summed E-state index contributed by atoms with van der Waals surface area (Å²) in [4.78, 5) is 16.8. The number of aromatic nitrogens is 3. The number of benzene rings is 2. The van der Waals surface area contributed by atoms with Crippen LogP contribution in [0.2, 0.25) is 5.02 Å². The summed E-state index contributed by atoms with van der Waals surface area (Å²) in [6, 6.07) is 15.2. The van der Waals surface area contributed by atoms with E-state index in [1.165, 1.54) is 6.33 Å². The molecule has 1 atom stereocenters. The van der Waals surface area contributed by atoms with Crippen LogP contribution in [0.1, 0.15) is 29.3 Å². The predicted octanol–water partition coefficient (Wildman–Crippen LogP) is 3.99. The summed E-state index contributed by atoms with van der Waals surface area (Å²) in [7, 11) is 1.64. The fraction of sp³-hybridized carbons (Fsp3) is 0.250. The van der Waals surface area contributed by atoms with Crippen molar-refractivity contribution in [2.45, 2.75) is 25.2 Å². The van der Waals surface area contributed by atoms with E-state index in [-0.39, 0.29) is 11.7 Å². The minimum atomic E-state index is -0.0503. The third-order valence-electron chi connectivity index (χ3n) is 4.25. The first-order valence-electron chi connectivity index (χ1n) is 8.38. The highest BCUT2D eigenvalue weighted by molar-refractivity contribution is 6.30. The summed E-state index contributed by atoms with van der Waals surface area (Å²) in [5.74, 6) is 1.64. The Hall–Kier alpha value is -2.66. The van der Waals surface area contributed by atoms with Gasteiger partial charge in [0.25, 0.3) is 0 Å². The SMILES string of the molecule is COc1ccc(CC(CC(=O)Cc2ccc(Cl)cc2)c2ncn[nH]2)cc1. The number of H-pyrrole nitrogens is 1. The average molecular weight is 370 g/mol. The summed E-state index contributed by atoms with van der Waals surface area (Å²) in [6.45, 7) is 0. The molecular formula is C20H20ClN3O2. The standard InChI is InChI=1S/C20H20ClN3O2/c1-26-19-8-4-14(5-9-19)10-16(20-22-13-23-24-20)12-18(25)11-15-2-6-17(21)7-3-15/h2-9,13,16H,10-12H2,1H3,(H,22,23,24). The number of ether oxygens (including phenoxy) is 1. The lowest BCUT2D eigenvalue weighted by Gasteiger charge is -2.14. The summed E-state index contributed by atoms with van der Waals surface area (Å²) >= 11 is 5.90. The number of hydrogen-bond acceptors (Lipinski definition) is 4. The molecule has 3 rings (SSSR count). The quantitative estimate of drug-likeness (QED) is 0.651. The topological polar surface area (TPSA) is 67.9 Å². The fourth-order valence-corrected chi connectivity index (χ4v) is 3.03. The van der Waals surface area contributed by atoms with Gasteiger partial charge in [-0.25, -0.2) is 4.98 Å². The highest BCUT2D eigenvalue weighted by Crippen LogP contribution is 2.24. The molecule has 26 heavy (non-hydrogen) atoms. The second kappa shape index (κ2) is 8.63. The summed E-state index contributed by atoms with van der Waals surface area (Å²) in [5, 5.41) is 7.50. The van der Waals surface area contributed by atoms with Gasteiger partial charge in [-0.2, -0.15) is 5.10 Å². The second-order valence-electron chi connectivity index (χ2n) is 6.17. The first-order chi connectivity index (χ1) is 12.6. The number of Topliss-reactive ketones (excluding diaryl/α,β-unsaturated/α-hetero) is 1. The van der Waals surface area contributed by atoms with E-state index in [0.29, 0.717) is 24.3 Å². The summed E-state index contributed by atoms with van der Waals surface area (Å²) in [6.07, 6.45) is 2.94. The number of carbonyl (C=O) groups excluding carboxylic acids is 1. The Morgan fingerprint density at radius 1 is 1.12 bits per heavy atom. The molecule has 1 N–H and O–H groups in total. The number of aromatic amines is 1. The van der Waals surface area contributed by atoms with Crippen molar-refractivity contribution < 1.29 is 9.53 Å². The molecule has 3 aromatic rings. The van der Waals surface area contributed by atoms with Crippen molar-refractivity contribution in [3.05, 3.63) is 76.8 Å². The molecule has 1 aromatic heterocycles. The van der Waals surface area contributed by atoms with Crippen LogP contribution in [0.5, 0.6) is 5.75 Å². The van der Waals surface area contributed by atoms with Crippen molar-refractivity contribution in [1.82, 2.24) is 15.2 Å². The minimum absolute atomic E-state index is 0.0503. The Morgan fingerprint density at radius 2 is 1.81 bits per heavy atom. The number of methoxy groups -OCH3 is 1. The molecule has 0 spiro atoms. The highest BCUT2D eigenvalue weighted by atomic mass is 35.5. The van der Waals surface area contributed by atoms with Crippen LogP contribution < -0.4 is 4.74 Å². The molecule has 1 heterocycles. The summed E-state index contributed by atoms with van der Waals surface area (Å²) < 4.78 is 5.19. The number of ketones is 1. The lowest BCUT2D eigenvalue weighted by atomic mass is 9.91. The van der Waals surface area contributed by atoms with Crippen molar-refractivity contribution in [3.8, 4) is 5.75 Å². The van der Waals surface area contributed by atoms with Crippen LogP contribution in [-0.2, 0) is 17.6 Å². The van der Waals surface area contributed by atoms with E-state index in [2.05, 4.69) is 15.2 Å². The Morgan fingerprint density at radius 3 is 2.42 bits per heavy atom. The van der Waals surface area contributed by atoms with Crippen molar-refractivity contribution in [2.75, 3.05) is 7.11 Å². The summed E-state index contributed by atoms with van der Waals surface area (Å²) in [5.41, 5.74) is 2.08. The maximum Gasteiger partial charge on any atom is 0.138 e. The molecule has 1 unspecified atom stereocenters. The molecule has 0 bridgehead atoms. The van der Waals surface area contributed by atoms with Crippen LogP contribution in [0.3, 0.4) is 0 Å². The third kappa shape index (κ3) is 4.92. The largest absolute Gasteiger partial charge is 0.497 e. The van der Waals surface area contributed by atoms with Gasteiger partial charge in [-0.15, -0.1) is 0 Å². The molecule has 0 aliphatic carbocycles. The highest BCUT2D eigenvalue weighted by Gasteiger charge is 2.19. The van der Waals surface area contributed by atoms with E-state index >= 15 is 0 Å². The Balaban J connectivity index is 1.69. The molecule has 0 amide bonds. The van der Waals surface area contributed by atoms with Crippen LogP contribution in [0.4, 0.5) is 0 Å². The third-order valence-corrected chi connectivity index (χ3v) is 4.50. The predicted molar refractivity (Wildman–Crippen MR) is 101 cm³/mol. The molecule has 6 heteroatoms. The maximum atomic E-state index is 12.6. The zero-order chi connectivity index (χ0) is 18.4. The van der Waals surface area contributed by atoms with Crippen LogP contribution in [0.25, 0.3) is 0 Å². The van der Waals surface area contributed by atoms with E-state index in [9.17, 15) is 4.79 Å². The Kier molecular flexibility index (Phi) is 6.02. The van der Waals surface area contributed by atoms with Crippen molar-refractivity contribution in [3.63, 3.8) is 0 Å². The van der Waals surface area contributed by atoms with E-state index in [1.807, 2.05) is 36.4 Å². The van der Waals surface area contributed by atoms with Gasteiger partial charge in [0.1, 0.15) is 23.7 Å². The number of halogens is 1. The first kappa shape index (κ1) is 18.1. The van der Waals surface area contributed by atoms with Gasteiger partial charge < -0.3 is 4.74 Å². The Bertz CT molecular complexity index is 831. The number of carbonyl (C=O) groups is 1. The van der Waals surface area contributed by atoms with E-state index < -0.39 is 0 Å². The molecule has 0 aliphatic rings. The van der Waals surface area contributed by atoms with E-state index in [1.54, 1.807) is 19.2 Å². The van der Waals surface area contributed by atoms with Gasteiger partial charge in [0.15, 0.2) is 0 Å².